The molecule has 2 nitrogen and oxygen atoms in total. The minimum absolute atomic E-state index is 0.151. The Morgan fingerprint density at radius 3 is 2.62 bits per heavy atom. The van der Waals surface area contributed by atoms with Gasteiger partial charge in [0.25, 0.3) is 0 Å². The summed E-state index contributed by atoms with van der Waals surface area (Å²) in [6.45, 7) is 9.49. The fourth-order valence-electron chi connectivity index (χ4n) is 1.86. The van der Waals surface area contributed by atoms with Crippen molar-refractivity contribution in [3.05, 3.63) is 12.7 Å². The minimum Gasteiger partial charge on any atom is -0.357 e. The average Bonchev–Trinajstić information content (AvgIpc) is 2.76. The maximum absolute atomic E-state index is 11.1. The first-order chi connectivity index (χ1) is 6.04. The summed E-state index contributed by atoms with van der Waals surface area (Å²) in [5, 5.41) is 0. The van der Waals surface area contributed by atoms with Gasteiger partial charge < -0.3 is 4.74 Å². The molecule has 13 heavy (non-hydrogen) atoms. The number of carbonyl (C=O) groups excluding carboxylic acids is 1. The Kier molecular flexibility index (Phi) is 2.91. The van der Waals surface area contributed by atoms with Gasteiger partial charge in [-0.1, -0.05) is 19.9 Å². The van der Waals surface area contributed by atoms with E-state index in [-0.39, 0.29) is 17.5 Å². The summed E-state index contributed by atoms with van der Waals surface area (Å²) in [5.74, 6) is 0.555. The molecule has 1 rings (SSSR count). The van der Waals surface area contributed by atoms with Crippen molar-refractivity contribution >= 4 is 5.78 Å². The van der Waals surface area contributed by atoms with Gasteiger partial charge in [-0.25, -0.2) is 0 Å². The van der Waals surface area contributed by atoms with Gasteiger partial charge in [0.1, 0.15) is 11.7 Å². The van der Waals surface area contributed by atoms with Gasteiger partial charge >= 0.3 is 0 Å². The molecule has 0 aromatic heterocycles. The maximum atomic E-state index is 11.1. The molecule has 2 atom stereocenters. The van der Waals surface area contributed by atoms with Crippen molar-refractivity contribution in [1.82, 2.24) is 0 Å². The fourth-order valence-corrected chi connectivity index (χ4v) is 1.86. The van der Waals surface area contributed by atoms with Crippen LogP contribution >= 0.6 is 0 Å². The lowest BCUT2D eigenvalue weighted by molar-refractivity contribution is -0.118. The molecule has 1 heterocycles. The highest BCUT2D eigenvalue weighted by Gasteiger charge is 2.59. The predicted octanol–water partition coefficient (Wildman–Crippen LogP) is 2.34. The Bertz CT molecular complexity index is 220. The summed E-state index contributed by atoms with van der Waals surface area (Å²) < 4.78 is 5.53. The van der Waals surface area contributed by atoms with Crippen molar-refractivity contribution in [2.24, 2.45) is 5.92 Å². The van der Waals surface area contributed by atoms with Gasteiger partial charge in [-0.3, -0.25) is 4.79 Å². The summed E-state index contributed by atoms with van der Waals surface area (Å²) in [6, 6.07) is 0. The third kappa shape index (κ3) is 1.83. The number of Topliss-reactive ketones (excluding diaryl/α,β-unsaturated/α-hetero) is 1. The molecule has 1 aliphatic rings. The van der Waals surface area contributed by atoms with Crippen LogP contribution in [0.5, 0.6) is 0 Å². The SMILES string of the molecule is C=CCCC1(C(C)C)OC1C(C)=O. The lowest BCUT2D eigenvalue weighted by atomic mass is 9.86. The Hall–Kier alpha value is -0.630. The van der Waals surface area contributed by atoms with Crippen LogP contribution < -0.4 is 0 Å². The number of ketones is 1. The zero-order valence-corrected chi connectivity index (χ0v) is 8.67. The van der Waals surface area contributed by atoms with E-state index in [0.29, 0.717) is 5.92 Å². The predicted molar refractivity (Wildman–Crippen MR) is 52.6 cm³/mol. The van der Waals surface area contributed by atoms with E-state index in [0.717, 1.165) is 12.8 Å². The molecule has 0 radical (unpaired) electrons. The Labute approximate surface area is 80.0 Å². The average molecular weight is 182 g/mol. The summed E-state index contributed by atoms with van der Waals surface area (Å²) >= 11 is 0. The van der Waals surface area contributed by atoms with Crippen LogP contribution in [0.1, 0.15) is 33.6 Å². The molecule has 0 spiro atoms. The van der Waals surface area contributed by atoms with Crippen LogP contribution in [0.4, 0.5) is 0 Å². The van der Waals surface area contributed by atoms with E-state index in [1.165, 1.54) is 0 Å². The van der Waals surface area contributed by atoms with Crippen LogP contribution in [0.15, 0.2) is 12.7 Å². The molecule has 2 unspecified atom stereocenters. The van der Waals surface area contributed by atoms with Gasteiger partial charge in [0, 0.05) is 0 Å². The Balaban J connectivity index is 2.60. The largest absolute Gasteiger partial charge is 0.357 e. The second-order valence-corrected chi connectivity index (χ2v) is 4.05. The van der Waals surface area contributed by atoms with Crippen LogP contribution in [-0.4, -0.2) is 17.5 Å². The van der Waals surface area contributed by atoms with Gasteiger partial charge in [0.05, 0.1) is 0 Å². The van der Waals surface area contributed by atoms with Crippen molar-refractivity contribution in [2.75, 3.05) is 0 Å². The van der Waals surface area contributed by atoms with Crippen LogP contribution in [0, 0.1) is 5.92 Å². The Morgan fingerprint density at radius 1 is 1.69 bits per heavy atom. The van der Waals surface area contributed by atoms with Gasteiger partial charge in [0.2, 0.25) is 0 Å². The molecule has 1 saturated heterocycles. The topological polar surface area (TPSA) is 29.6 Å². The second kappa shape index (κ2) is 3.62. The van der Waals surface area contributed by atoms with E-state index >= 15 is 0 Å². The lowest BCUT2D eigenvalue weighted by Gasteiger charge is -2.15. The first-order valence-electron chi connectivity index (χ1n) is 4.83. The molecule has 0 aliphatic carbocycles. The number of ether oxygens (including phenoxy) is 1. The molecule has 1 aliphatic heterocycles. The molecule has 0 N–H and O–H groups in total. The number of rotatable bonds is 5. The third-order valence-electron chi connectivity index (χ3n) is 2.81. The van der Waals surface area contributed by atoms with Crippen LogP contribution in [0.3, 0.4) is 0 Å². The number of carbonyl (C=O) groups is 1. The monoisotopic (exact) mass is 182 g/mol. The zero-order valence-electron chi connectivity index (χ0n) is 8.67. The summed E-state index contributed by atoms with van der Waals surface area (Å²) in [4.78, 5) is 11.1. The van der Waals surface area contributed by atoms with E-state index < -0.39 is 0 Å². The highest BCUT2D eigenvalue weighted by molar-refractivity contribution is 5.84. The molecule has 1 fully saturated rings. The highest BCUT2D eigenvalue weighted by Crippen LogP contribution is 2.47. The van der Waals surface area contributed by atoms with E-state index in [9.17, 15) is 4.79 Å². The van der Waals surface area contributed by atoms with E-state index in [1.807, 2.05) is 6.08 Å². The van der Waals surface area contributed by atoms with Crippen molar-refractivity contribution in [2.45, 2.75) is 45.3 Å². The van der Waals surface area contributed by atoms with Crippen LogP contribution in [-0.2, 0) is 9.53 Å². The molecule has 0 aromatic carbocycles. The number of hydrogen-bond acceptors (Lipinski definition) is 2. The quantitative estimate of drug-likeness (QED) is 0.482. The molecular weight excluding hydrogens is 164 g/mol. The molecule has 0 saturated carbocycles. The second-order valence-electron chi connectivity index (χ2n) is 4.05. The first-order valence-corrected chi connectivity index (χ1v) is 4.83. The third-order valence-corrected chi connectivity index (χ3v) is 2.81. The van der Waals surface area contributed by atoms with E-state index in [1.54, 1.807) is 6.92 Å². The van der Waals surface area contributed by atoms with Gasteiger partial charge in [-0.05, 0) is 25.7 Å². The van der Waals surface area contributed by atoms with E-state index in [2.05, 4.69) is 20.4 Å². The molecular formula is C11H18O2. The summed E-state index contributed by atoms with van der Waals surface area (Å²) in [5.41, 5.74) is -0.181. The van der Waals surface area contributed by atoms with Crippen LogP contribution in [0.25, 0.3) is 0 Å². The normalized spacial score (nSPS) is 31.8. The van der Waals surface area contributed by atoms with Gasteiger partial charge in [-0.15, -0.1) is 6.58 Å². The standard InChI is InChI=1S/C11H18O2/c1-5-6-7-11(8(2)3)10(13-11)9(4)12/h5,8,10H,1,6-7H2,2-4H3. The number of hydrogen-bond donors (Lipinski definition) is 0. The smallest absolute Gasteiger partial charge is 0.161 e. The van der Waals surface area contributed by atoms with Gasteiger partial charge in [-0.2, -0.15) is 0 Å². The zero-order chi connectivity index (χ0) is 10.1. The van der Waals surface area contributed by atoms with E-state index in [4.69, 9.17) is 4.74 Å². The molecule has 0 aromatic rings. The summed E-state index contributed by atoms with van der Waals surface area (Å²) in [7, 11) is 0. The molecule has 0 bridgehead atoms. The lowest BCUT2D eigenvalue weighted by Crippen LogP contribution is -2.25. The maximum Gasteiger partial charge on any atom is 0.161 e. The number of allylic oxidation sites excluding steroid dienone is 1. The van der Waals surface area contributed by atoms with Crippen molar-refractivity contribution < 1.29 is 9.53 Å². The fraction of sp³-hybridized carbons (Fsp3) is 0.727. The van der Waals surface area contributed by atoms with Crippen molar-refractivity contribution in [3.63, 3.8) is 0 Å². The molecule has 74 valence electrons. The van der Waals surface area contributed by atoms with Gasteiger partial charge in [0.15, 0.2) is 5.78 Å². The van der Waals surface area contributed by atoms with Crippen LogP contribution in [0.2, 0.25) is 0 Å². The summed E-state index contributed by atoms with van der Waals surface area (Å²) in [6.07, 6.45) is 3.55. The first kappa shape index (κ1) is 10.5. The number of epoxide rings is 1. The minimum atomic E-state index is -0.181. The van der Waals surface area contributed by atoms with Crippen molar-refractivity contribution in [1.29, 1.82) is 0 Å². The van der Waals surface area contributed by atoms with Crippen molar-refractivity contribution in [3.8, 4) is 0 Å². The highest BCUT2D eigenvalue weighted by atomic mass is 16.6. The molecule has 2 heteroatoms. The Morgan fingerprint density at radius 2 is 2.31 bits per heavy atom. The molecule has 0 amide bonds.